The van der Waals surface area contributed by atoms with Crippen LogP contribution < -0.4 is 10.6 Å². The first-order valence-electron chi connectivity index (χ1n) is 6.11. The number of nitrogens with one attached hydrogen (secondary N) is 2. The number of hydrogen-bond acceptors (Lipinski definition) is 3. The maximum absolute atomic E-state index is 11.5. The number of hydrogen-bond donors (Lipinski definition) is 2. The summed E-state index contributed by atoms with van der Waals surface area (Å²) in [6.45, 7) is 0.900. The summed E-state index contributed by atoms with van der Waals surface area (Å²) >= 11 is 0. The SMILES string of the molecule is CN1CC(CNC(=O)NC2CCCC2)OC1=O. The van der Waals surface area contributed by atoms with Crippen LogP contribution in [0.25, 0.3) is 0 Å². The Hall–Kier alpha value is -1.46. The van der Waals surface area contributed by atoms with Gasteiger partial charge in [0.05, 0.1) is 13.1 Å². The van der Waals surface area contributed by atoms with Crippen molar-refractivity contribution in [3.05, 3.63) is 0 Å². The normalized spacial score (nSPS) is 24.9. The third kappa shape index (κ3) is 3.25. The van der Waals surface area contributed by atoms with Crippen LogP contribution in [0.2, 0.25) is 0 Å². The lowest BCUT2D eigenvalue weighted by molar-refractivity contribution is 0.133. The fourth-order valence-corrected chi connectivity index (χ4v) is 2.27. The Morgan fingerprint density at radius 1 is 1.47 bits per heavy atom. The van der Waals surface area contributed by atoms with E-state index in [2.05, 4.69) is 10.6 Å². The third-order valence-corrected chi connectivity index (χ3v) is 3.24. The standard InChI is InChI=1S/C11H19N3O3/c1-14-7-9(17-11(14)16)6-12-10(15)13-8-4-2-3-5-8/h8-9H,2-7H2,1H3,(H2,12,13,15). The molecule has 3 amide bonds. The second-order valence-electron chi connectivity index (χ2n) is 4.72. The van der Waals surface area contributed by atoms with Gasteiger partial charge in [-0.15, -0.1) is 0 Å². The van der Waals surface area contributed by atoms with Crippen molar-refractivity contribution in [2.45, 2.75) is 37.8 Å². The summed E-state index contributed by atoms with van der Waals surface area (Å²) in [4.78, 5) is 24.1. The van der Waals surface area contributed by atoms with Crippen LogP contribution in [0.5, 0.6) is 0 Å². The molecule has 0 radical (unpaired) electrons. The molecule has 1 aliphatic carbocycles. The molecule has 2 fully saturated rings. The number of likely N-dealkylation sites (N-methyl/N-ethyl adjacent to an activating group) is 1. The molecule has 1 atom stereocenters. The Bertz CT molecular complexity index is 302. The summed E-state index contributed by atoms with van der Waals surface area (Å²) in [6.07, 6.45) is 3.95. The van der Waals surface area contributed by atoms with Crippen molar-refractivity contribution in [3.8, 4) is 0 Å². The minimum Gasteiger partial charge on any atom is -0.442 e. The van der Waals surface area contributed by atoms with E-state index in [0.717, 1.165) is 12.8 Å². The highest BCUT2D eigenvalue weighted by Gasteiger charge is 2.28. The lowest BCUT2D eigenvalue weighted by Gasteiger charge is -2.14. The molecule has 1 unspecified atom stereocenters. The molecule has 0 bridgehead atoms. The van der Waals surface area contributed by atoms with Gasteiger partial charge in [0.25, 0.3) is 0 Å². The number of rotatable bonds is 3. The first-order chi connectivity index (χ1) is 8.15. The molecule has 0 aromatic rings. The van der Waals surface area contributed by atoms with Gasteiger partial charge in [0.1, 0.15) is 6.10 Å². The van der Waals surface area contributed by atoms with E-state index in [0.29, 0.717) is 19.1 Å². The molecule has 2 rings (SSSR count). The van der Waals surface area contributed by atoms with Crippen LogP contribution in [-0.4, -0.2) is 49.3 Å². The fraction of sp³-hybridized carbons (Fsp3) is 0.818. The van der Waals surface area contributed by atoms with Gasteiger partial charge >= 0.3 is 12.1 Å². The van der Waals surface area contributed by atoms with Crippen LogP contribution >= 0.6 is 0 Å². The van der Waals surface area contributed by atoms with Gasteiger partial charge in [-0.2, -0.15) is 0 Å². The number of carbonyl (C=O) groups is 2. The molecule has 1 saturated carbocycles. The molecular formula is C11H19N3O3. The van der Waals surface area contributed by atoms with Crippen molar-refractivity contribution in [2.24, 2.45) is 0 Å². The van der Waals surface area contributed by atoms with E-state index in [1.165, 1.54) is 17.7 Å². The fourth-order valence-electron chi connectivity index (χ4n) is 2.27. The molecule has 1 saturated heterocycles. The van der Waals surface area contributed by atoms with Gasteiger partial charge in [0.15, 0.2) is 0 Å². The Morgan fingerprint density at radius 3 is 2.76 bits per heavy atom. The van der Waals surface area contributed by atoms with Gasteiger partial charge in [-0.05, 0) is 12.8 Å². The smallest absolute Gasteiger partial charge is 0.410 e. The molecular weight excluding hydrogens is 222 g/mol. The highest BCUT2D eigenvalue weighted by atomic mass is 16.6. The van der Waals surface area contributed by atoms with E-state index in [1.807, 2.05) is 0 Å². The van der Waals surface area contributed by atoms with Crippen molar-refractivity contribution in [2.75, 3.05) is 20.1 Å². The van der Waals surface area contributed by atoms with E-state index in [1.54, 1.807) is 7.05 Å². The molecule has 0 aromatic carbocycles. The van der Waals surface area contributed by atoms with Crippen LogP contribution in [0, 0.1) is 0 Å². The van der Waals surface area contributed by atoms with Crippen LogP contribution in [0.1, 0.15) is 25.7 Å². The minimum atomic E-state index is -0.326. The molecule has 6 nitrogen and oxygen atoms in total. The summed E-state index contributed by atoms with van der Waals surface area (Å²) in [5, 5.41) is 5.66. The predicted molar refractivity (Wildman–Crippen MR) is 61.7 cm³/mol. The van der Waals surface area contributed by atoms with Crippen molar-refractivity contribution in [1.29, 1.82) is 0 Å². The lowest BCUT2D eigenvalue weighted by Crippen LogP contribution is -2.44. The number of urea groups is 1. The summed E-state index contributed by atoms with van der Waals surface area (Å²) in [5.41, 5.74) is 0. The van der Waals surface area contributed by atoms with Gasteiger partial charge < -0.3 is 20.3 Å². The monoisotopic (exact) mass is 241 g/mol. The molecule has 0 spiro atoms. The Balaban J connectivity index is 1.64. The second-order valence-corrected chi connectivity index (χ2v) is 4.72. The van der Waals surface area contributed by atoms with Gasteiger partial charge in [-0.3, -0.25) is 0 Å². The Kier molecular flexibility index (Phi) is 3.71. The molecule has 1 heterocycles. The zero-order chi connectivity index (χ0) is 12.3. The predicted octanol–water partition coefficient (Wildman–Crippen LogP) is 0.679. The molecule has 2 aliphatic rings. The highest BCUT2D eigenvalue weighted by Crippen LogP contribution is 2.17. The van der Waals surface area contributed by atoms with Crippen LogP contribution in [-0.2, 0) is 4.74 Å². The molecule has 96 valence electrons. The summed E-state index contributed by atoms with van der Waals surface area (Å²) < 4.78 is 5.04. The van der Waals surface area contributed by atoms with Gasteiger partial charge in [0, 0.05) is 13.1 Å². The van der Waals surface area contributed by atoms with E-state index in [-0.39, 0.29) is 18.2 Å². The van der Waals surface area contributed by atoms with E-state index in [9.17, 15) is 9.59 Å². The summed E-state index contributed by atoms with van der Waals surface area (Å²) in [6, 6.07) is 0.145. The molecule has 6 heteroatoms. The Labute approximate surface area is 101 Å². The maximum Gasteiger partial charge on any atom is 0.410 e. The third-order valence-electron chi connectivity index (χ3n) is 3.24. The van der Waals surface area contributed by atoms with E-state index in [4.69, 9.17) is 4.74 Å². The molecule has 1 aliphatic heterocycles. The minimum absolute atomic E-state index is 0.164. The zero-order valence-corrected chi connectivity index (χ0v) is 10.1. The van der Waals surface area contributed by atoms with Crippen LogP contribution in [0.15, 0.2) is 0 Å². The van der Waals surface area contributed by atoms with Crippen LogP contribution in [0.4, 0.5) is 9.59 Å². The largest absolute Gasteiger partial charge is 0.442 e. The number of cyclic esters (lactones) is 1. The average Bonchev–Trinajstić information content (AvgIpc) is 2.87. The number of amides is 3. The van der Waals surface area contributed by atoms with Gasteiger partial charge in [0.2, 0.25) is 0 Å². The first kappa shape index (κ1) is 12.0. The molecule has 0 aromatic heterocycles. The first-order valence-corrected chi connectivity index (χ1v) is 6.11. The van der Waals surface area contributed by atoms with Crippen molar-refractivity contribution >= 4 is 12.1 Å². The second kappa shape index (κ2) is 5.25. The summed E-state index contributed by atoms with van der Waals surface area (Å²) in [5.74, 6) is 0. The topological polar surface area (TPSA) is 70.7 Å². The highest BCUT2D eigenvalue weighted by molar-refractivity contribution is 5.74. The zero-order valence-electron chi connectivity index (χ0n) is 10.1. The van der Waals surface area contributed by atoms with Crippen LogP contribution in [0.3, 0.4) is 0 Å². The number of carbonyl (C=O) groups excluding carboxylic acids is 2. The summed E-state index contributed by atoms with van der Waals surface area (Å²) in [7, 11) is 1.68. The van der Waals surface area contributed by atoms with Crippen molar-refractivity contribution in [3.63, 3.8) is 0 Å². The maximum atomic E-state index is 11.5. The van der Waals surface area contributed by atoms with E-state index < -0.39 is 0 Å². The number of nitrogens with zero attached hydrogens (tertiary/aromatic N) is 1. The van der Waals surface area contributed by atoms with Gasteiger partial charge in [-0.25, -0.2) is 9.59 Å². The van der Waals surface area contributed by atoms with Gasteiger partial charge in [-0.1, -0.05) is 12.8 Å². The van der Waals surface area contributed by atoms with E-state index >= 15 is 0 Å². The lowest BCUT2D eigenvalue weighted by atomic mass is 10.2. The van der Waals surface area contributed by atoms with Crippen molar-refractivity contribution in [1.82, 2.24) is 15.5 Å². The average molecular weight is 241 g/mol. The quantitative estimate of drug-likeness (QED) is 0.763. The number of ether oxygens (including phenoxy) is 1. The Morgan fingerprint density at radius 2 is 2.18 bits per heavy atom. The molecule has 17 heavy (non-hydrogen) atoms. The molecule has 2 N–H and O–H groups in total. The van der Waals surface area contributed by atoms with Crippen molar-refractivity contribution < 1.29 is 14.3 Å².